The van der Waals surface area contributed by atoms with E-state index < -0.39 is 10.8 Å². The molecule has 0 bridgehead atoms. The van der Waals surface area contributed by atoms with Gasteiger partial charge in [-0.1, -0.05) is 17.7 Å². The lowest BCUT2D eigenvalue weighted by Gasteiger charge is -2.11. The Labute approximate surface area is 211 Å². The number of carbonyl (C=O) groups is 1. The first kappa shape index (κ1) is 24.6. The van der Waals surface area contributed by atoms with Gasteiger partial charge in [-0.05, 0) is 55.0 Å². The molecule has 3 aromatic carbocycles. The maximum absolute atomic E-state index is 12.7. The van der Waals surface area contributed by atoms with E-state index in [1.165, 1.54) is 24.3 Å². The molecule has 4 aromatic rings. The first-order chi connectivity index (χ1) is 17.3. The molecule has 1 amide bonds. The Balaban J connectivity index is 1.47. The third-order valence-electron chi connectivity index (χ3n) is 5.03. The zero-order chi connectivity index (χ0) is 25.7. The first-order valence-electron chi connectivity index (χ1n) is 10.7. The van der Waals surface area contributed by atoms with E-state index >= 15 is 0 Å². The number of nitrogens with zero attached hydrogens (tertiary/aromatic N) is 1. The van der Waals surface area contributed by atoms with E-state index in [4.69, 9.17) is 30.2 Å². The maximum Gasteiger partial charge on any atom is 0.291 e. The molecule has 0 aliphatic rings. The van der Waals surface area contributed by atoms with Crippen molar-refractivity contribution in [2.45, 2.75) is 13.5 Å². The number of aryl methyl sites for hydroxylation is 1. The molecule has 0 aliphatic carbocycles. The molecule has 0 saturated carbocycles. The third-order valence-corrected chi connectivity index (χ3v) is 5.27. The third kappa shape index (κ3) is 6.13. The predicted molar refractivity (Wildman–Crippen MR) is 133 cm³/mol. The summed E-state index contributed by atoms with van der Waals surface area (Å²) in [7, 11) is 1.56. The molecular formula is C26H21ClN2O7. The van der Waals surface area contributed by atoms with E-state index in [0.29, 0.717) is 28.0 Å². The molecule has 1 aromatic heterocycles. The summed E-state index contributed by atoms with van der Waals surface area (Å²) in [6.07, 6.45) is 0. The minimum atomic E-state index is -0.586. The summed E-state index contributed by atoms with van der Waals surface area (Å²) < 4.78 is 22.2. The van der Waals surface area contributed by atoms with E-state index in [-0.39, 0.29) is 29.5 Å². The second-order valence-electron chi connectivity index (χ2n) is 7.67. The lowest BCUT2D eigenvalue weighted by atomic mass is 10.2. The fraction of sp³-hybridized carbons (Fsp3) is 0.115. The molecule has 36 heavy (non-hydrogen) atoms. The molecule has 9 nitrogen and oxygen atoms in total. The van der Waals surface area contributed by atoms with Crippen molar-refractivity contribution in [3.63, 3.8) is 0 Å². The number of carbonyl (C=O) groups excluding carboxylic acids is 1. The zero-order valence-corrected chi connectivity index (χ0v) is 20.1. The number of benzene rings is 3. The molecule has 184 valence electrons. The molecule has 0 radical (unpaired) electrons. The summed E-state index contributed by atoms with van der Waals surface area (Å²) >= 11 is 5.98. The second-order valence-corrected chi connectivity index (χ2v) is 8.11. The molecule has 0 unspecified atom stereocenters. The number of halogens is 1. The van der Waals surface area contributed by atoms with E-state index in [9.17, 15) is 14.9 Å². The van der Waals surface area contributed by atoms with E-state index in [0.717, 1.165) is 5.56 Å². The van der Waals surface area contributed by atoms with Gasteiger partial charge in [0.1, 0.15) is 35.4 Å². The summed E-state index contributed by atoms with van der Waals surface area (Å²) in [5, 5.41) is 14.6. The minimum Gasteiger partial charge on any atom is -0.497 e. The number of furan rings is 1. The van der Waals surface area contributed by atoms with Crippen molar-refractivity contribution < 1.29 is 28.3 Å². The molecule has 0 fully saturated rings. The number of amides is 1. The average molecular weight is 509 g/mol. The van der Waals surface area contributed by atoms with Gasteiger partial charge in [0.2, 0.25) is 0 Å². The van der Waals surface area contributed by atoms with Crippen LogP contribution in [0.15, 0.2) is 77.2 Å². The maximum atomic E-state index is 12.7. The van der Waals surface area contributed by atoms with Crippen LogP contribution in [0.3, 0.4) is 0 Å². The summed E-state index contributed by atoms with van der Waals surface area (Å²) in [6, 6.07) is 19.2. The highest BCUT2D eigenvalue weighted by Gasteiger charge is 2.17. The molecule has 1 heterocycles. The number of hydrogen-bond donors (Lipinski definition) is 1. The van der Waals surface area contributed by atoms with Crippen LogP contribution in [0.4, 0.5) is 11.4 Å². The Hall–Kier alpha value is -4.50. The van der Waals surface area contributed by atoms with Crippen LogP contribution in [0.2, 0.25) is 5.02 Å². The highest BCUT2D eigenvalue weighted by atomic mass is 35.5. The zero-order valence-electron chi connectivity index (χ0n) is 19.3. The van der Waals surface area contributed by atoms with Crippen LogP contribution in [-0.2, 0) is 6.61 Å². The van der Waals surface area contributed by atoms with Gasteiger partial charge < -0.3 is 23.9 Å². The van der Waals surface area contributed by atoms with Crippen LogP contribution in [-0.4, -0.2) is 17.9 Å². The van der Waals surface area contributed by atoms with Crippen LogP contribution >= 0.6 is 11.6 Å². The average Bonchev–Trinajstić information content (AvgIpc) is 3.34. The topological polar surface area (TPSA) is 113 Å². The molecule has 10 heteroatoms. The van der Waals surface area contributed by atoms with Gasteiger partial charge in [0.15, 0.2) is 5.76 Å². The normalized spacial score (nSPS) is 10.5. The SMILES string of the molecule is COc1cccc(OCc2ccc(C(=O)Nc3cc(Oc4ccc(Cl)cc4C)cc([N+](=O)[O-])c3)o2)c1. The van der Waals surface area contributed by atoms with Gasteiger partial charge in [0, 0.05) is 23.2 Å². The molecule has 4 rings (SSSR count). The molecule has 0 spiro atoms. The smallest absolute Gasteiger partial charge is 0.291 e. The van der Waals surface area contributed by atoms with Gasteiger partial charge in [-0.3, -0.25) is 14.9 Å². The summed E-state index contributed by atoms with van der Waals surface area (Å²) in [5.41, 5.74) is 0.668. The number of nitrogens with one attached hydrogen (secondary N) is 1. The van der Waals surface area contributed by atoms with E-state index in [2.05, 4.69) is 5.32 Å². The van der Waals surface area contributed by atoms with Crippen molar-refractivity contribution in [1.29, 1.82) is 0 Å². The summed E-state index contributed by atoms with van der Waals surface area (Å²) in [5.74, 6) is 1.73. The van der Waals surface area contributed by atoms with E-state index in [1.807, 2.05) is 0 Å². The standard InChI is InChI=1S/C26H21ClN2O7/c1-16-10-17(27)6-8-24(16)36-23-12-18(11-19(13-23)29(31)32)28-26(30)25-9-7-22(35-25)15-34-21-5-3-4-20(14-21)33-2/h3-14H,15H2,1-2H3,(H,28,30). The first-order valence-corrected chi connectivity index (χ1v) is 11.1. The fourth-order valence-corrected chi connectivity index (χ4v) is 3.52. The van der Waals surface area contributed by atoms with E-state index in [1.54, 1.807) is 62.6 Å². The van der Waals surface area contributed by atoms with Crippen molar-refractivity contribution in [3.05, 3.63) is 105 Å². The van der Waals surface area contributed by atoms with Crippen molar-refractivity contribution in [2.75, 3.05) is 12.4 Å². The van der Waals surface area contributed by atoms with Crippen LogP contribution in [0.1, 0.15) is 21.9 Å². The van der Waals surface area contributed by atoms with Gasteiger partial charge in [-0.25, -0.2) is 0 Å². The highest BCUT2D eigenvalue weighted by Crippen LogP contribution is 2.32. The Morgan fingerprint density at radius 2 is 1.83 bits per heavy atom. The largest absolute Gasteiger partial charge is 0.497 e. The van der Waals surface area contributed by atoms with Crippen LogP contribution in [0, 0.1) is 17.0 Å². The van der Waals surface area contributed by atoms with Gasteiger partial charge in [0.05, 0.1) is 23.8 Å². The van der Waals surface area contributed by atoms with Gasteiger partial charge in [0.25, 0.3) is 11.6 Å². The number of methoxy groups -OCH3 is 1. The predicted octanol–water partition coefficient (Wildman–Crippen LogP) is 6.78. The Kier molecular flexibility index (Phi) is 7.41. The number of nitro groups is 1. The van der Waals surface area contributed by atoms with Gasteiger partial charge >= 0.3 is 0 Å². The summed E-state index contributed by atoms with van der Waals surface area (Å²) in [4.78, 5) is 23.6. The number of non-ortho nitro benzene ring substituents is 1. The van der Waals surface area contributed by atoms with Crippen LogP contribution < -0.4 is 19.5 Å². The molecule has 0 saturated heterocycles. The number of anilines is 1. The number of rotatable bonds is 9. The van der Waals surface area contributed by atoms with Gasteiger partial charge in [-0.2, -0.15) is 0 Å². The number of ether oxygens (including phenoxy) is 3. The monoisotopic (exact) mass is 508 g/mol. The Bertz CT molecular complexity index is 1420. The quantitative estimate of drug-likeness (QED) is 0.196. The fourth-order valence-electron chi connectivity index (χ4n) is 3.29. The summed E-state index contributed by atoms with van der Waals surface area (Å²) in [6.45, 7) is 1.89. The number of nitro benzene ring substituents is 1. The Morgan fingerprint density at radius 1 is 1.03 bits per heavy atom. The Morgan fingerprint density at radius 3 is 2.58 bits per heavy atom. The van der Waals surface area contributed by atoms with Crippen molar-refractivity contribution in [1.82, 2.24) is 0 Å². The molecule has 0 atom stereocenters. The molecule has 0 aliphatic heterocycles. The minimum absolute atomic E-state index is 0.0155. The van der Waals surface area contributed by atoms with Crippen molar-refractivity contribution >= 4 is 28.9 Å². The van der Waals surface area contributed by atoms with Crippen molar-refractivity contribution in [2.24, 2.45) is 0 Å². The lowest BCUT2D eigenvalue weighted by Crippen LogP contribution is -2.11. The highest BCUT2D eigenvalue weighted by molar-refractivity contribution is 6.30. The van der Waals surface area contributed by atoms with Crippen LogP contribution in [0.5, 0.6) is 23.0 Å². The number of hydrogen-bond acceptors (Lipinski definition) is 7. The lowest BCUT2D eigenvalue weighted by molar-refractivity contribution is -0.384. The second kappa shape index (κ2) is 10.8. The molecular weight excluding hydrogens is 488 g/mol. The molecule has 1 N–H and O–H groups in total. The van der Waals surface area contributed by atoms with Crippen molar-refractivity contribution in [3.8, 4) is 23.0 Å². The van der Waals surface area contributed by atoms with Crippen LogP contribution in [0.25, 0.3) is 0 Å². The van der Waals surface area contributed by atoms with Gasteiger partial charge in [-0.15, -0.1) is 0 Å².